The predicted octanol–water partition coefficient (Wildman–Crippen LogP) is 4.52. The lowest BCUT2D eigenvalue weighted by Gasteiger charge is -2.28. The van der Waals surface area contributed by atoms with Crippen LogP contribution in [0.3, 0.4) is 0 Å². The van der Waals surface area contributed by atoms with Gasteiger partial charge in [0.15, 0.2) is 11.6 Å². The quantitative estimate of drug-likeness (QED) is 0.812. The zero-order valence-electron chi connectivity index (χ0n) is 15.7. The highest BCUT2D eigenvalue weighted by molar-refractivity contribution is 5.77. The molecule has 0 atom stereocenters. The molecule has 0 unspecified atom stereocenters. The Labute approximate surface area is 152 Å². The van der Waals surface area contributed by atoms with Crippen LogP contribution in [0.1, 0.15) is 40.2 Å². The molecule has 4 nitrogen and oxygen atoms in total. The van der Waals surface area contributed by atoms with Gasteiger partial charge in [-0.2, -0.15) is 0 Å². The van der Waals surface area contributed by atoms with Crippen LogP contribution in [0.25, 0.3) is 11.3 Å². The van der Waals surface area contributed by atoms with E-state index in [1.54, 1.807) is 26.0 Å². The van der Waals surface area contributed by atoms with Gasteiger partial charge in [0.05, 0.1) is 11.1 Å². The predicted molar refractivity (Wildman–Crippen MR) is 97.3 cm³/mol. The van der Waals surface area contributed by atoms with Crippen LogP contribution in [0.2, 0.25) is 0 Å². The zero-order chi connectivity index (χ0) is 19.7. The number of hydrogen-bond acceptors (Lipinski definition) is 4. The molecule has 2 aromatic rings. The molecule has 2 rings (SSSR count). The molecule has 0 aliphatic carbocycles. The van der Waals surface area contributed by atoms with Crippen molar-refractivity contribution in [2.45, 2.75) is 46.6 Å². The van der Waals surface area contributed by atoms with E-state index in [1.165, 1.54) is 12.1 Å². The molecule has 26 heavy (non-hydrogen) atoms. The summed E-state index contributed by atoms with van der Waals surface area (Å²) in [6.07, 6.45) is 0.353. The molecule has 1 heterocycles. The molecule has 0 bridgehead atoms. The van der Waals surface area contributed by atoms with E-state index < -0.39 is 22.7 Å². The lowest BCUT2D eigenvalue weighted by Crippen LogP contribution is -2.35. The van der Waals surface area contributed by atoms with Crippen molar-refractivity contribution in [3.63, 3.8) is 0 Å². The number of nitrogens with two attached hydrogens (primary N) is 1. The standard InChI is InChI=1S/C20H24F2N2O2/c1-19(2,3)26-18(25)20(4,5)11-12-6-7-14(21)13(10-12)16-9-8-15(22)17(23)24-16/h6-10H,11H2,1-5H3,(H2,23,24). The van der Waals surface area contributed by atoms with Gasteiger partial charge in [0.1, 0.15) is 11.4 Å². The summed E-state index contributed by atoms with van der Waals surface area (Å²) in [6.45, 7) is 8.97. The van der Waals surface area contributed by atoms with Crippen LogP contribution in [0.4, 0.5) is 14.6 Å². The molecular weight excluding hydrogens is 338 g/mol. The van der Waals surface area contributed by atoms with Gasteiger partial charge in [0, 0.05) is 5.56 Å². The smallest absolute Gasteiger partial charge is 0.312 e. The normalized spacial score (nSPS) is 12.1. The topological polar surface area (TPSA) is 65.2 Å². The van der Waals surface area contributed by atoms with Crippen LogP contribution in [0.15, 0.2) is 30.3 Å². The molecular formula is C20H24F2N2O2. The lowest BCUT2D eigenvalue weighted by molar-refractivity contribution is -0.165. The second-order valence-electron chi connectivity index (χ2n) is 7.94. The number of ether oxygens (including phenoxy) is 1. The molecule has 0 amide bonds. The summed E-state index contributed by atoms with van der Waals surface area (Å²) < 4.78 is 33.0. The van der Waals surface area contributed by atoms with E-state index in [0.717, 1.165) is 11.6 Å². The molecule has 0 radical (unpaired) electrons. The fourth-order valence-electron chi connectivity index (χ4n) is 2.49. The molecule has 140 valence electrons. The van der Waals surface area contributed by atoms with Crippen LogP contribution >= 0.6 is 0 Å². The molecule has 0 saturated carbocycles. The van der Waals surface area contributed by atoms with Crippen molar-refractivity contribution >= 4 is 11.8 Å². The third-order valence-electron chi connectivity index (χ3n) is 3.78. The Kier molecular flexibility index (Phi) is 5.35. The number of carbonyl (C=O) groups excluding carboxylic acids is 1. The van der Waals surface area contributed by atoms with E-state index in [4.69, 9.17) is 10.5 Å². The van der Waals surface area contributed by atoms with Gasteiger partial charge in [-0.05, 0) is 70.9 Å². The maximum Gasteiger partial charge on any atom is 0.312 e. The van der Waals surface area contributed by atoms with Crippen LogP contribution in [0.5, 0.6) is 0 Å². The fourth-order valence-corrected chi connectivity index (χ4v) is 2.49. The zero-order valence-corrected chi connectivity index (χ0v) is 15.7. The summed E-state index contributed by atoms with van der Waals surface area (Å²) in [5.41, 5.74) is 5.27. The minimum Gasteiger partial charge on any atom is -0.460 e. The Hall–Kier alpha value is -2.50. The maximum absolute atomic E-state index is 14.2. The summed E-state index contributed by atoms with van der Waals surface area (Å²) in [7, 11) is 0. The SMILES string of the molecule is CC(C)(C)OC(=O)C(C)(C)Cc1ccc(F)c(-c2ccc(F)c(N)n2)c1. The van der Waals surface area contributed by atoms with E-state index in [-0.39, 0.29) is 23.0 Å². The molecule has 1 aromatic carbocycles. The summed E-state index contributed by atoms with van der Waals surface area (Å²) in [6, 6.07) is 7.03. The highest BCUT2D eigenvalue weighted by Crippen LogP contribution is 2.30. The summed E-state index contributed by atoms with van der Waals surface area (Å²) in [4.78, 5) is 16.3. The van der Waals surface area contributed by atoms with Crippen molar-refractivity contribution in [1.82, 2.24) is 4.98 Å². The molecule has 0 fully saturated rings. The summed E-state index contributed by atoms with van der Waals surface area (Å²) in [5, 5.41) is 0. The number of pyridine rings is 1. The number of halogens is 2. The van der Waals surface area contributed by atoms with E-state index in [2.05, 4.69) is 4.98 Å². The minimum absolute atomic E-state index is 0.203. The Morgan fingerprint density at radius 2 is 1.69 bits per heavy atom. The maximum atomic E-state index is 14.2. The number of hydrogen-bond donors (Lipinski definition) is 1. The summed E-state index contributed by atoms with van der Waals surface area (Å²) >= 11 is 0. The number of nitrogen functional groups attached to an aromatic ring is 1. The van der Waals surface area contributed by atoms with Crippen molar-refractivity contribution in [1.29, 1.82) is 0 Å². The second kappa shape index (κ2) is 7.02. The Morgan fingerprint density at radius 3 is 2.27 bits per heavy atom. The second-order valence-corrected chi connectivity index (χ2v) is 7.94. The van der Waals surface area contributed by atoms with Crippen LogP contribution in [-0.4, -0.2) is 16.6 Å². The van der Waals surface area contributed by atoms with Crippen molar-refractivity contribution in [3.05, 3.63) is 47.5 Å². The number of rotatable bonds is 4. The number of nitrogens with zero attached hydrogens (tertiary/aromatic N) is 1. The number of benzene rings is 1. The molecule has 0 aliphatic heterocycles. The highest BCUT2D eigenvalue weighted by Gasteiger charge is 2.33. The fraction of sp³-hybridized carbons (Fsp3) is 0.400. The van der Waals surface area contributed by atoms with Crippen molar-refractivity contribution < 1.29 is 18.3 Å². The summed E-state index contributed by atoms with van der Waals surface area (Å²) in [5.74, 6) is -1.78. The average molecular weight is 362 g/mol. The average Bonchev–Trinajstić information content (AvgIpc) is 2.50. The first-order chi connectivity index (χ1) is 11.9. The number of esters is 1. The lowest BCUT2D eigenvalue weighted by atomic mass is 9.85. The molecule has 0 aliphatic rings. The van der Waals surface area contributed by atoms with Crippen molar-refractivity contribution in [2.75, 3.05) is 5.73 Å². The van der Waals surface area contributed by atoms with E-state index in [0.29, 0.717) is 6.42 Å². The van der Waals surface area contributed by atoms with E-state index in [9.17, 15) is 13.6 Å². The monoisotopic (exact) mass is 362 g/mol. The molecule has 0 saturated heterocycles. The largest absolute Gasteiger partial charge is 0.460 e. The van der Waals surface area contributed by atoms with Crippen LogP contribution < -0.4 is 5.73 Å². The van der Waals surface area contributed by atoms with Gasteiger partial charge >= 0.3 is 5.97 Å². The number of carbonyl (C=O) groups is 1. The van der Waals surface area contributed by atoms with Gasteiger partial charge < -0.3 is 10.5 Å². The Bertz CT molecular complexity index is 827. The van der Waals surface area contributed by atoms with Crippen molar-refractivity contribution in [3.8, 4) is 11.3 Å². The van der Waals surface area contributed by atoms with Gasteiger partial charge in [0.25, 0.3) is 0 Å². The number of anilines is 1. The minimum atomic E-state index is -0.794. The Morgan fingerprint density at radius 1 is 1.08 bits per heavy atom. The van der Waals surface area contributed by atoms with Gasteiger partial charge in [-0.15, -0.1) is 0 Å². The molecule has 2 N–H and O–H groups in total. The highest BCUT2D eigenvalue weighted by atomic mass is 19.1. The third kappa shape index (κ3) is 4.77. The van der Waals surface area contributed by atoms with Gasteiger partial charge in [-0.1, -0.05) is 6.07 Å². The van der Waals surface area contributed by atoms with Crippen LogP contribution in [-0.2, 0) is 16.0 Å². The van der Waals surface area contributed by atoms with Crippen molar-refractivity contribution in [2.24, 2.45) is 5.41 Å². The molecule has 1 aromatic heterocycles. The van der Waals surface area contributed by atoms with Gasteiger partial charge in [0.2, 0.25) is 0 Å². The third-order valence-corrected chi connectivity index (χ3v) is 3.78. The first kappa shape index (κ1) is 19.8. The van der Waals surface area contributed by atoms with Gasteiger partial charge in [-0.25, -0.2) is 13.8 Å². The van der Waals surface area contributed by atoms with Crippen LogP contribution in [0, 0.1) is 17.0 Å². The first-order valence-corrected chi connectivity index (χ1v) is 8.33. The van der Waals surface area contributed by atoms with E-state index in [1.807, 2.05) is 20.8 Å². The van der Waals surface area contributed by atoms with E-state index >= 15 is 0 Å². The molecule has 6 heteroatoms. The van der Waals surface area contributed by atoms with Gasteiger partial charge in [-0.3, -0.25) is 4.79 Å². The number of aromatic nitrogens is 1. The first-order valence-electron chi connectivity index (χ1n) is 8.33. The Balaban J connectivity index is 2.31. The molecule has 0 spiro atoms.